The van der Waals surface area contributed by atoms with Crippen molar-refractivity contribution < 1.29 is 32.5 Å². The van der Waals surface area contributed by atoms with E-state index in [2.05, 4.69) is 4.74 Å². The van der Waals surface area contributed by atoms with Crippen molar-refractivity contribution in [2.24, 2.45) is 0 Å². The summed E-state index contributed by atoms with van der Waals surface area (Å²) in [7, 11) is 0. The van der Waals surface area contributed by atoms with Crippen molar-refractivity contribution in [3.63, 3.8) is 0 Å². The van der Waals surface area contributed by atoms with Crippen LogP contribution in [-0.4, -0.2) is 37.9 Å². The summed E-state index contributed by atoms with van der Waals surface area (Å²) in [4.78, 5) is 0. The van der Waals surface area contributed by atoms with Crippen LogP contribution >= 0.6 is 0 Å². The Morgan fingerprint density at radius 2 is 1.56 bits per heavy atom. The van der Waals surface area contributed by atoms with Gasteiger partial charge in [-0.2, -0.15) is 0 Å². The Balaban J connectivity index is 2.32. The van der Waals surface area contributed by atoms with Crippen LogP contribution in [0.15, 0.2) is 24.3 Å². The summed E-state index contributed by atoms with van der Waals surface area (Å²) in [5, 5.41) is 8.43. The van der Waals surface area contributed by atoms with Gasteiger partial charge in [-0.3, -0.25) is 0 Å². The number of ether oxygens (including phenoxy) is 3. The third kappa shape index (κ3) is 6.31. The Labute approximate surface area is 102 Å². The molecule has 0 radical (unpaired) electrons. The van der Waals surface area contributed by atoms with E-state index in [1.54, 1.807) is 0 Å². The molecule has 0 fully saturated rings. The maximum atomic E-state index is 11.9. The zero-order chi connectivity index (χ0) is 13.4. The lowest BCUT2D eigenvalue weighted by Gasteiger charge is -2.10. The summed E-state index contributed by atoms with van der Waals surface area (Å²) in [5.41, 5.74) is 0. The van der Waals surface area contributed by atoms with Gasteiger partial charge >= 0.3 is 6.36 Å². The second-order valence-corrected chi connectivity index (χ2v) is 3.20. The summed E-state index contributed by atoms with van der Waals surface area (Å²) in [6.07, 6.45) is -4.69. The van der Waals surface area contributed by atoms with Crippen molar-refractivity contribution in [3.8, 4) is 11.5 Å². The number of benzene rings is 1. The molecule has 1 rings (SSSR count). The third-order valence-electron chi connectivity index (χ3n) is 1.79. The highest BCUT2D eigenvalue weighted by atomic mass is 19.4. The highest BCUT2D eigenvalue weighted by Crippen LogP contribution is 2.24. The maximum absolute atomic E-state index is 11.9. The molecule has 4 nitrogen and oxygen atoms in total. The van der Waals surface area contributed by atoms with Crippen LogP contribution in [0.1, 0.15) is 0 Å². The SMILES string of the molecule is OCCOCCOc1ccc(OC(F)(F)F)cc1. The number of halogens is 3. The molecule has 1 aromatic carbocycles. The third-order valence-corrected chi connectivity index (χ3v) is 1.79. The Morgan fingerprint density at radius 3 is 2.11 bits per heavy atom. The molecule has 18 heavy (non-hydrogen) atoms. The molecule has 0 amide bonds. The minimum atomic E-state index is -4.69. The standard InChI is InChI=1S/C11H13F3O4/c12-11(13,14)18-10-3-1-9(2-4-10)17-8-7-16-6-5-15/h1-4,15H,5-8H2. The predicted octanol–water partition coefficient (Wildman–Crippen LogP) is 1.97. The van der Waals surface area contributed by atoms with Crippen LogP contribution in [-0.2, 0) is 4.74 Å². The maximum Gasteiger partial charge on any atom is 0.573 e. The molecule has 0 aliphatic rings. The van der Waals surface area contributed by atoms with Crippen LogP contribution in [0.3, 0.4) is 0 Å². The molecule has 0 bridgehead atoms. The summed E-state index contributed by atoms with van der Waals surface area (Å²) in [5.74, 6) is 0.114. The minimum Gasteiger partial charge on any atom is -0.491 e. The summed E-state index contributed by atoms with van der Waals surface area (Å²) < 4.78 is 49.5. The first kappa shape index (κ1) is 14.6. The van der Waals surface area contributed by atoms with Crippen molar-refractivity contribution in [1.82, 2.24) is 0 Å². The molecule has 0 aromatic heterocycles. The normalized spacial score (nSPS) is 11.3. The lowest BCUT2D eigenvalue weighted by Crippen LogP contribution is -2.17. The molecule has 102 valence electrons. The summed E-state index contributed by atoms with van der Waals surface area (Å²) in [6.45, 7) is 0.700. The smallest absolute Gasteiger partial charge is 0.491 e. The second-order valence-electron chi connectivity index (χ2n) is 3.20. The Kier molecular flexibility index (Phi) is 5.73. The predicted molar refractivity (Wildman–Crippen MR) is 56.5 cm³/mol. The molecule has 7 heteroatoms. The Hall–Kier alpha value is -1.47. The van der Waals surface area contributed by atoms with E-state index in [9.17, 15) is 13.2 Å². The van der Waals surface area contributed by atoms with Gasteiger partial charge in [0.05, 0.1) is 19.8 Å². The highest BCUT2D eigenvalue weighted by Gasteiger charge is 2.30. The number of hydrogen-bond acceptors (Lipinski definition) is 4. The Bertz CT molecular complexity index is 337. The van der Waals surface area contributed by atoms with Gasteiger partial charge in [-0.05, 0) is 24.3 Å². The van der Waals surface area contributed by atoms with Crippen molar-refractivity contribution >= 4 is 0 Å². The molecule has 0 aliphatic heterocycles. The number of aliphatic hydroxyl groups is 1. The van der Waals surface area contributed by atoms with Crippen LogP contribution < -0.4 is 9.47 Å². The van der Waals surface area contributed by atoms with Crippen molar-refractivity contribution in [1.29, 1.82) is 0 Å². The van der Waals surface area contributed by atoms with Crippen molar-refractivity contribution in [2.75, 3.05) is 26.4 Å². The van der Waals surface area contributed by atoms with E-state index in [4.69, 9.17) is 14.6 Å². The van der Waals surface area contributed by atoms with Crippen LogP contribution in [0.25, 0.3) is 0 Å². The fourth-order valence-corrected chi connectivity index (χ4v) is 1.12. The second kappa shape index (κ2) is 7.07. The number of hydrogen-bond donors (Lipinski definition) is 1. The number of alkyl halides is 3. The molecule has 0 heterocycles. The van der Waals surface area contributed by atoms with Gasteiger partial charge in [-0.25, -0.2) is 0 Å². The lowest BCUT2D eigenvalue weighted by molar-refractivity contribution is -0.274. The fourth-order valence-electron chi connectivity index (χ4n) is 1.12. The molecule has 0 atom stereocenters. The van der Waals surface area contributed by atoms with Gasteiger partial charge in [0.2, 0.25) is 0 Å². The van der Waals surface area contributed by atoms with Gasteiger partial charge in [0.15, 0.2) is 0 Å². The van der Waals surface area contributed by atoms with Gasteiger partial charge in [0, 0.05) is 0 Å². The van der Waals surface area contributed by atoms with E-state index in [0.29, 0.717) is 12.4 Å². The number of aliphatic hydroxyl groups excluding tert-OH is 1. The first-order valence-corrected chi connectivity index (χ1v) is 5.18. The summed E-state index contributed by atoms with van der Waals surface area (Å²) >= 11 is 0. The molecule has 0 saturated heterocycles. The van der Waals surface area contributed by atoms with E-state index in [0.717, 1.165) is 12.1 Å². The number of rotatable bonds is 7. The van der Waals surface area contributed by atoms with E-state index in [-0.39, 0.29) is 25.6 Å². The average molecular weight is 266 g/mol. The van der Waals surface area contributed by atoms with Gasteiger partial charge in [-0.15, -0.1) is 13.2 Å². The van der Waals surface area contributed by atoms with Crippen LogP contribution in [0.5, 0.6) is 11.5 Å². The van der Waals surface area contributed by atoms with Gasteiger partial charge in [0.1, 0.15) is 18.1 Å². The van der Waals surface area contributed by atoms with E-state index in [1.165, 1.54) is 12.1 Å². The van der Waals surface area contributed by atoms with E-state index < -0.39 is 6.36 Å². The minimum absolute atomic E-state index is 0.0660. The fraction of sp³-hybridized carbons (Fsp3) is 0.455. The molecule has 0 aliphatic carbocycles. The van der Waals surface area contributed by atoms with Gasteiger partial charge < -0.3 is 19.3 Å². The zero-order valence-corrected chi connectivity index (χ0v) is 9.44. The molecule has 1 aromatic rings. The van der Waals surface area contributed by atoms with Crippen LogP contribution in [0.2, 0.25) is 0 Å². The highest BCUT2D eigenvalue weighted by molar-refractivity contribution is 5.31. The van der Waals surface area contributed by atoms with Crippen LogP contribution in [0, 0.1) is 0 Å². The van der Waals surface area contributed by atoms with Gasteiger partial charge in [-0.1, -0.05) is 0 Å². The van der Waals surface area contributed by atoms with Crippen molar-refractivity contribution in [3.05, 3.63) is 24.3 Å². The van der Waals surface area contributed by atoms with E-state index >= 15 is 0 Å². The molecular formula is C11H13F3O4. The first-order chi connectivity index (χ1) is 8.51. The topological polar surface area (TPSA) is 47.9 Å². The van der Waals surface area contributed by atoms with Gasteiger partial charge in [0.25, 0.3) is 0 Å². The van der Waals surface area contributed by atoms with E-state index in [1.807, 2.05) is 0 Å². The quantitative estimate of drug-likeness (QED) is 0.766. The van der Waals surface area contributed by atoms with Crippen LogP contribution in [0.4, 0.5) is 13.2 Å². The first-order valence-electron chi connectivity index (χ1n) is 5.18. The molecule has 0 unspecified atom stereocenters. The lowest BCUT2D eigenvalue weighted by atomic mass is 10.3. The largest absolute Gasteiger partial charge is 0.573 e. The summed E-state index contributed by atoms with van der Waals surface area (Å²) in [6, 6.07) is 5.06. The zero-order valence-electron chi connectivity index (χ0n) is 9.44. The van der Waals surface area contributed by atoms with Crippen molar-refractivity contribution in [2.45, 2.75) is 6.36 Å². The Morgan fingerprint density at radius 1 is 0.944 bits per heavy atom. The monoisotopic (exact) mass is 266 g/mol. The average Bonchev–Trinajstić information content (AvgIpc) is 2.29. The molecular weight excluding hydrogens is 253 g/mol. The molecule has 0 spiro atoms. The molecule has 0 saturated carbocycles. The molecule has 1 N–H and O–H groups in total.